The van der Waals surface area contributed by atoms with Crippen molar-refractivity contribution in [2.75, 3.05) is 0 Å². The molecule has 3 N–H and O–H groups in total. The van der Waals surface area contributed by atoms with E-state index in [0.29, 0.717) is 5.56 Å². The van der Waals surface area contributed by atoms with Gasteiger partial charge in [0.05, 0.1) is 5.57 Å². The maximum atomic E-state index is 13.6. The highest BCUT2D eigenvalue weighted by atomic mass is 19.1. The summed E-state index contributed by atoms with van der Waals surface area (Å²) in [5.74, 6) is -2.15. The van der Waals surface area contributed by atoms with Crippen LogP contribution >= 0.6 is 0 Å². The molecule has 0 aliphatic heterocycles. The number of hydrogen-bond donors (Lipinski definition) is 3. The molecule has 0 amide bonds. The molecular formula is C16H13FO4. The topological polar surface area (TPSA) is 77.8 Å². The highest BCUT2D eigenvalue weighted by Crippen LogP contribution is 2.28. The summed E-state index contributed by atoms with van der Waals surface area (Å²) in [6.45, 7) is 1.58. The number of carbonyl (C=O) groups is 1. The molecule has 5 heteroatoms. The van der Waals surface area contributed by atoms with Gasteiger partial charge in [0, 0.05) is 11.6 Å². The Morgan fingerprint density at radius 2 is 1.86 bits per heavy atom. The van der Waals surface area contributed by atoms with Crippen LogP contribution in [0.1, 0.15) is 16.7 Å². The molecule has 0 aliphatic rings. The lowest BCUT2D eigenvalue weighted by atomic mass is 10.0. The first-order chi connectivity index (χ1) is 9.88. The van der Waals surface area contributed by atoms with Crippen LogP contribution in [0.3, 0.4) is 0 Å². The molecule has 0 radical (unpaired) electrons. The van der Waals surface area contributed by atoms with Crippen LogP contribution in [-0.2, 0) is 4.79 Å². The van der Waals surface area contributed by atoms with Crippen LogP contribution in [0.25, 0.3) is 11.6 Å². The second-order valence-electron chi connectivity index (χ2n) is 4.57. The summed E-state index contributed by atoms with van der Waals surface area (Å²) < 4.78 is 13.6. The Kier molecular flexibility index (Phi) is 3.93. The zero-order valence-corrected chi connectivity index (χ0v) is 11.2. The number of hydrogen-bond acceptors (Lipinski definition) is 3. The van der Waals surface area contributed by atoms with Gasteiger partial charge in [0.1, 0.15) is 17.3 Å². The summed E-state index contributed by atoms with van der Waals surface area (Å²) in [5, 5.41) is 28.2. The van der Waals surface area contributed by atoms with Gasteiger partial charge in [-0.3, -0.25) is 0 Å². The number of carboxylic acids is 1. The highest BCUT2D eigenvalue weighted by molar-refractivity contribution is 6.20. The summed E-state index contributed by atoms with van der Waals surface area (Å²) >= 11 is 0. The third kappa shape index (κ3) is 3.20. The average molecular weight is 288 g/mol. The van der Waals surface area contributed by atoms with Crippen molar-refractivity contribution >= 4 is 17.6 Å². The van der Waals surface area contributed by atoms with E-state index in [4.69, 9.17) is 0 Å². The molecule has 0 unspecified atom stereocenters. The largest absolute Gasteiger partial charge is 0.508 e. The molecule has 2 rings (SSSR count). The molecule has 2 aromatic rings. The maximum Gasteiger partial charge on any atom is 0.336 e. The molecule has 108 valence electrons. The zero-order chi connectivity index (χ0) is 15.6. The Bertz CT molecular complexity index is 735. The smallest absolute Gasteiger partial charge is 0.336 e. The molecule has 4 nitrogen and oxygen atoms in total. The van der Waals surface area contributed by atoms with Crippen molar-refractivity contribution in [2.24, 2.45) is 0 Å². The van der Waals surface area contributed by atoms with E-state index in [9.17, 15) is 24.5 Å². The van der Waals surface area contributed by atoms with E-state index < -0.39 is 11.8 Å². The number of benzene rings is 2. The van der Waals surface area contributed by atoms with Crippen molar-refractivity contribution in [1.29, 1.82) is 0 Å². The first-order valence-electron chi connectivity index (χ1n) is 6.12. The molecular weight excluding hydrogens is 275 g/mol. The molecule has 2 aromatic carbocycles. The second-order valence-corrected chi connectivity index (χ2v) is 4.57. The summed E-state index contributed by atoms with van der Waals surface area (Å²) in [7, 11) is 0. The summed E-state index contributed by atoms with van der Waals surface area (Å²) in [6, 6.07) is 7.90. The second kappa shape index (κ2) is 5.66. The number of aromatic hydroxyl groups is 2. The monoisotopic (exact) mass is 288 g/mol. The number of aliphatic carboxylic acids is 1. The number of phenolic OH excluding ortho intramolecular Hbond substituents is 2. The molecule has 0 aliphatic carbocycles. The van der Waals surface area contributed by atoms with Crippen LogP contribution in [0.2, 0.25) is 0 Å². The van der Waals surface area contributed by atoms with Gasteiger partial charge in [-0.1, -0.05) is 12.1 Å². The lowest BCUT2D eigenvalue weighted by Crippen LogP contribution is -2.00. The first kappa shape index (κ1) is 14.6. The van der Waals surface area contributed by atoms with E-state index in [0.717, 1.165) is 12.1 Å². The summed E-state index contributed by atoms with van der Waals surface area (Å²) in [6.07, 6.45) is 1.22. The minimum absolute atomic E-state index is 0.136. The number of phenols is 2. The Hall–Kier alpha value is -2.82. The molecule has 0 aromatic heterocycles. The first-order valence-corrected chi connectivity index (χ1v) is 6.12. The van der Waals surface area contributed by atoms with Gasteiger partial charge >= 0.3 is 5.97 Å². The minimum atomic E-state index is -1.24. The van der Waals surface area contributed by atoms with Crippen LogP contribution in [0, 0.1) is 12.7 Å². The van der Waals surface area contributed by atoms with Crippen LogP contribution in [0.5, 0.6) is 11.5 Å². The summed E-state index contributed by atoms with van der Waals surface area (Å²) in [5.41, 5.74) is 0.662. The van der Waals surface area contributed by atoms with Crippen molar-refractivity contribution in [3.05, 3.63) is 58.9 Å². The fourth-order valence-corrected chi connectivity index (χ4v) is 1.84. The fraction of sp³-hybridized carbons (Fsp3) is 0.0625. The Labute approximate surface area is 120 Å². The predicted octanol–water partition coefficient (Wildman–Crippen LogP) is 3.17. The Morgan fingerprint density at radius 1 is 1.14 bits per heavy atom. The van der Waals surface area contributed by atoms with Crippen LogP contribution < -0.4 is 0 Å². The van der Waals surface area contributed by atoms with E-state index in [1.165, 1.54) is 30.3 Å². The SMILES string of the molecule is Cc1ccc(/C(=C/c2ccc(O)cc2O)C(=O)O)cc1F. The van der Waals surface area contributed by atoms with Gasteiger partial charge in [-0.25, -0.2) is 9.18 Å². The van der Waals surface area contributed by atoms with Gasteiger partial charge in [-0.2, -0.15) is 0 Å². The van der Waals surface area contributed by atoms with Crippen LogP contribution in [-0.4, -0.2) is 21.3 Å². The van der Waals surface area contributed by atoms with Crippen molar-refractivity contribution in [1.82, 2.24) is 0 Å². The van der Waals surface area contributed by atoms with Crippen LogP contribution in [0.15, 0.2) is 36.4 Å². The lowest BCUT2D eigenvalue weighted by molar-refractivity contribution is -0.130. The number of halogens is 1. The number of aryl methyl sites for hydroxylation is 1. The predicted molar refractivity (Wildman–Crippen MR) is 76.4 cm³/mol. The Morgan fingerprint density at radius 3 is 2.43 bits per heavy atom. The molecule has 0 spiro atoms. The molecule has 0 fully saturated rings. The Balaban J connectivity index is 2.55. The third-order valence-electron chi connectivity index (χ3n) is 3.03. The maximum absolute atomic E-state index is 13.6. The van der Waals surface area contributed by atoms with E-state index in [2.05, 4.69) is 0 Å². The van der Waals surface area contributed by atoms with Gasteiger partial charge in [0.2, 0.25) is 0 Å². The van der Waals surface area contributed by atoms with Gasteiger partial charge in [0.15, 0.2) is 0 Å². The minimum Gasteiger partial charge on any atom is -0.508 e. The van der Waals surface area contributed by atoms with Crippen molar-refractivity contribution < 1.29 is 24.5 Å². The molecule has 0 saturated heterocycles. The normalized spacial score (nSPS) is 11.4. The van der Waals surface area contributed by atoms with Gasteiger partial charge in [0.25, 0.3) is 0 Å². The third-order valence-corrected chi connectivity index (χ3v) is 3.03. The zero-order valence-electron chi connectivity index (χ0n) is 11.2. The van der Waals surface area contributed by atoms with Crippen molar-refractivity contribution in [3.63, 3.8) is 0 Å². The fourth-order valence-electron chi connectivity index (χ4n) is 1.84. The van der Waals surface area contributed by atoms with Crippen molar-refractivity contribution in [2.45, 2.75) is 6.92 Å². The standard InChI is InChI=1S/C16H13FO4/c1-9-2-3-10(7-14(9)17)13(16(20)21)6-11-4-5-12(18)8-15(11)19/h2-8,18-19H,1H3,(H,20,21)/b13-6-. The van der Waals surface area contributed by atoms with Gasteiger partial charge in [-0.05, 0) is 42.3 Å². The molecule has 0 atom stereocenters. The molecule has 0 heterocycles. The van der Waals surface area contributed by atoms with Crippen LogP contribution in [0.4, 0.5) is 4.39 Å². The lowest BCUT2D eigenvalue weighted by Gasteiger charge is -2.06. The number of carboxylic acid groups (broad SMARTS) is 1. The molecule has 0 saturated carbocycles. The highest BCUT2D eigenvalue weighted by Gasteiger charge is 2.13. The van der Waals surface area contributed by atoms with Gasteiger partial charge in [-0.15, -0.1) is 0 Å². The molecule has 21 heavy (non-hydrogen) atoms. The van der Waals surface area contributed by atoms with E-state index in [1.807, 2.05) is 0 Å². The quantitative estimate of drug-likeness (QED) is 0.599. The van der Waals surface area contributed by atoms with Crippen molar-refractivity contribution in [3.8, 4) is 11.5 Å². The average Bonchev–Trinajstić information content (AvgIpc) is 2.41. The summed E-state index contributed by atoms with van der Waals surface area (Å²) in [4.78, 5) is 11.4. The number of rotatable bonds is 3. The van der Waals surface area contributed by atoms with E-state index >= 15 is 0 Å². The molecule has 0 bridgehead atoms. The van der Waals surface area contributed by atoms with Gasteiger partial charge < -0.3 is 15.3 Å². The van der Waals surface area contributed by atoms with E-state index in [1.54, 1.807) is 6.92 Å². The van der Waals surface area contributed by atoms with E-state index in [-0.39, 0.29) is 28.2 Å².